The number of benzene rings is 1. The molecule has 0 bridgehead atoms. The zero-order chi connectivity index (χ0) is 16.5. The summed E-state index contributed by atoms with van der Waals surface area (Å²) < 4.78 is 10.6. The fourth-order valence-corrected chi connectivity index (χ4v) is 2.03. The van der Waals surface area contributed by atoms with Crippen molar-refractivity contribution in [3.63, 3.8) is 0 Å². The summed E-state index contributed by atoms with van der Waals surface area (Å²) in [6.07, 6.45) is 0.900. The van der Waals surface area contributed by atoms with Gasteiger partial charge in [-0.05, 0) is 37.0 Å². The number of nitrogens with two attached hydrogens (primary N) is 1. The van der Waals surface area contributed by atoms with Crippen LogP contribution < -0.4 is 20.5 Å². The summed E-state index contributed by atoms with van der Waals surface area (Å²) in [4.78, 5) is 4.35. The maximum absolute atomic E-state index is 5.81. The first-order chi connectivity index (χ1) is 10.5. The summed E-state index contributed by atoms with van der Waals surface area (Å²) >= 11 is 0. The number of hydrogen-bond acceptors (Lipinski definition) is 3. The largest absolute Gasteiger partial charge is 0.493 e. The third kappa shape index (κ3) is 8.11. The van der Waals surface area contributed by atoms with Gasteiger partial charge in [0.2, 0.25) is 0 Å². The zero-order valence-electron chi connectivity index (χ0n) is 14.4. The van der Waals surface area contributed by atoms with E-state index in [1.54, 1.807) is 14.2 Å². The lowest BCUT2D eigenvalue weighted by Gasteiger charge is -2.13. The molecular formula is C17H28IN3O2. The highest BCUT2D eigenvalue weighted by molar-refractivity contribution is 14.0. The summed E-state index contributed by atoms with van der Waals surface area (Å²) in [5.41, 5.74) is 8.02. The van der Waals surface area contributed by atoms with Crippen LogP contribution in [-0.2, 0) is 6.42 Å². The number of nitrogens with one attached hydrogen (secondary N) is 1. The SMILES string of the molecule is C=C(C)CNC(N)=NCC(C)Cc1ccc(OC)c(OC)c1.I. The highest BCUT2D eigenvalue weighted by atomic mass is 127. The first-order valence-electron chi connectivity index (χ1n) is 7.35. The third-order valence-electron chi connectivity index (χ3n) is 3.18. The van der Waals surface area contributed by atoms with E-state index < -0.39 is 0 Å². The number of halogens is 1. The van der Waals surface area contributed by atoms with Crippen LogP contribution in [-0.4, -0.2) is 33.3 Å². The molecule has 1 rings (SSSR count). The molecule has 0 heterocycles. The molecule has 0 amide bonds. The van der Waals surface area contributed by atoms with E-state index >= 15 is 0 Å². The van der Waals surface area contributed by atoms with Crippen molar-refractivity contribution in [2.75, 3.05) is 27.3 Å². The fourth-order valence-electron chi connectivity index (χ4n) is 2.03. The van der Waals surface area contributed by atoms with Crippen LogP contribution in [0.3, 0.4) is 0 Å². The van der Waals surface area contributed by atoms with Gasteiger partial charge < -0.3 is 20.5 Å². The van der Waals surface area contributed by atoms with Gasteiger partial charge in [0.25, 0.3) is 0 Å². The van der Waals surface area contributed by atoms with Crippen molar-refractivity contribution >= 4 is 29.9 Å². The molecule has 6 heteroatoms. The summed E-state index contributed by atoms with van der Waals surface area (Å²) in [6, 6.07) is 5.97. The van der Waals surface area contributed by atoms with Crippen molar-refractivity contribution < 1.29 is 9.47 Å². The van der Waals surface area contributed by atoms with Crippen LogP contribution in [0.2, 0.25) is 0 Å². The van der Waals surface area contributed by atoms with Crippen LogP contribution >= 0.6 is 24.0 Å². The molecule has 0 spiro atoms. The molecule has 0 aliphatic heterocycles. The van der Waals surface area contributed by atoms with Crippen LogP contribution in [0.4, 0.5) is 0 Å². The molecule has 1 atom stereocenters. The Morgan fingerprint density at radius 2 is 1.96 bits per heavy atom. The molecule has 0 aromatic heterocycles. The highest BCUT2D eigenvalue weighted by Crippen LogP contribution is 2.28. The second kappa shape index (κ2) is 11.2. The Morgan fingerprint density at radius 3 is 2.52 bits per heavy atom. The Bertz CT molecular complexity index is 533. The second-order valence-corrected chi connectivity index (χ2v) is 5.54. The minimum absolute atomic E-state index is 0. The van der Waals surface area contributed by atoms with Crippen LogP contribution in [0.15, 0.2) is 35.3 Å². The number of hydrogen-bond donors (Lipinski definition) is 2. The molecule has 1 aromatic rings. The van der Waals surface area contributed by atoms with Gasteiger partial charge in [0, 0.05) is 13.1 Å². The summed E-state index contributed by atoms with van der Waals surface area (Å²) in [5.74, 6) is 2.33. The van der Waals surface area contributed by atoms with E-state index in [1.165, 1.54) is 5.56 Å². The van der Waals surface area contributed by atoms with E-state index in [1.807, 2.05) is 25.1 Å². The number of methoxy groups -OCH3 is 2. The van der Waals surface area contributed by atoms with E-state index in [0.29, 0.717) is 25.0 Å². The maximum atomic E-state index is 5.81. The summed E-state index contributed by atoms with van der Waals surface area (Å²) in [6.45, 7) is 9.23. The molecule has 0 aliphatic carbocycles. The van der Waals surface area contributed by atoms with Crippen LogP contribution in [0.1, 0.15) is 19.4 Å². The van der Waals surface area contributed by atoms with E-state index in [9.17, 15) is 0 Å². The predicted molar refractivity (Wildman–Crippen MR) is 107 cm³/mol. The molecule has 3 N–H and O–H groups in total. The molecule has 0 saturated heterocycles. The van der Waals surface area contributed by atoms with Gasteiger partial charge in [-0.1, -0.05) is 25.1 Å². The minimum Gasteiger partial charge on any atom is -0.493 e. The molecule has 23 heavy (non-hydrogen) atoms. The fraction of sp³-hybridized carbons (Fsp3) is 0.471. The maximum Gasteiger partial charge on any atom is 0.188 e. The first kappa shape index (κ1) is 21.6. The first-order valence-corrected chi connectivity index (χ1v) is 7.35. The molecule has 130 valence electrons. The van der Waals surface area contributed by atoms with Gasteiger partial charge in [-0.25, -0.2) is 0 Å². The number of guanidine groups is 1. The summed E-state index contributed by atoms with van der Waals surface area (Å²) in [5, 5.41) is 3.03. The van der Waals surface area contributed by atoms with E-state index in [-0.39, 0.29) is 24.0 Å². The van der Waals surface area contributed by atoms with Gasteiger partial charge in [0.15, 0.2) is 17.5 Å². The summed E-state index contributed by atoms with van der Waals surface area (Å²) in [7, 11) is 3.28. The van der Waals surface area contributed by atoms with Crippen LogP contribution in [0.25, 0.3) is 0 Å². The molecule has 5 nitrogen and oxygen atoms in total. The van der Waals surface area contributed by atoms with Gasteiger partial charge in [0.05, 0.1) is 14.2 Å². The Hall–Kier alpha value is -1.44. The number of rotatable bonds is 8. The molecule has 0 aliphatic rings. The van der Waals surface area contributed by atoms with Crippen molar-refractivity contribution in [3.05, 3.63) is 35.9 Å². The number of ether oxygens (including phenoxy) is 2. The van der Waals surface area contributed by atoms with Crippen molar-refractivity contribution in [2.45, 2.75) is 20.3 Å². The average molecular weight is 433 g/mol. The van der Waals surface area contributed by atoms with Crippen molar-refractivity contribution in [2.24, 2.45) is 16.6 Å². The standard InChI is InChI=1S/C17H27N3O2.HI/c1-12(2)10-19-17(18)20-11-13(3)8-14-6-7-15(21-4)16(9-14)22-5;/h6-7,9,13H,1,8,10-11H2,2-5H3,(H3,18,19,20);1H. The van der Waals surface area contributed by atoms with Crippen LogP contribution in [0.5, 0.6) is 11.5 Å². The second-order valence-electron chi connectivity index (χ2n) is 5.54. The zero-order valence-corrected chi connectivity index (χ0v) is 16.7. The Kier molecular flexibility index (Phi) is 10.5. The molecular weight excluding hydrogens is 405 g/mol. The van der Waals surface area contributed by atoms with Crippen molar-refractivity contribution in [1.82, 2.24) is 5.32 Å². The van der Waals surface area contributed by atoms with E-state index in [2.05, 4.69) is 23.8 Å². The monoisotopic (exact) mass is 433 g/mol. The number of aliphatic imine (C=N–C) groups is 1. The van der Waals surface area contributed by atoms with Gasteiger partial charge >= 0.3 is 0 Å². The van der Waals surface area contributed by atoms with Crippen molar-refractivity contribution in [3.8, 4) is 11.5 Å². The lowest BCUT2D eigenvalue weighted by atomic mass is 10.0. The normalized spacial score (nSPS) is 12.1. The third-order valence-corrected chi connectivity index (χ3v) is 3.18. The van der Waals surface area contributed by atoms with Crippen LogP contribution in [0, 0.1) is 5.92 Å². The Morgan fingerprint density at radius 1 is 1.30 bits per heavy atom. The van der Waals surface area contributed by atoms with E-state index in [0.717, 1.165) is 23.5 Å². The Balaban J connectivity index is 0.00000484. The highest BCUT2D eigenvalue weighted by Gasteiger charge is 2.08. The molecule has 0 fully saturated rings. The predicted octanol–water partition coefficient (Wildman–Crippen LogP) is 2.98. The van der Waals surface area contributed by atoms with Gasteiger partial charge in [0.1, 0.15) is 0 Å². The lowest BCUT2D eigenvalue weighted by Crippen LogP contribution is -2.33. The average Bonchev–Trinajstić information content (AvgIpc) is 2.50. The topological polar surface area (TPSA) is 68.9 Å². The quantitative estimate of drug-likeness (QED) is 0.286. The molecule has 0 radical (unpaired) electrons. The van der Waals surface area contributed by atoms with Gasteiger partial charge in [-0.15, -0.1) is 24.0 Å². The Labute approximate surface area is 156 Å². The molecule has 0 saturated carbocycles. The lowest BCUT2D eigenvalue weighted by molar-refractivity contribution is 0.354. The smallest absolute Gasteiger partial charge is 0.188 e. The minimum atomic E-state index is 0. The molecule has 1 aromatic carbocycles. The van der Waals surface area contributed by atoms with Crippen molar-refractivity contribution in [1.29, 1.82) is 0 Å². The number of nitrogens with zero attached hydrogens (tertiary/aromatic N) is 1. The van der Waals surface area contributed by atoms with Gasteiger partial charge in [-0.3, -0.25) is 4.99 Å². The van der Waals surface area contributed by atoms with Gasteiger partial charge in [-0.2, -0.15) is 0 Å². The molecule has 1 unspecified atom stereocenters. The van der Waals surface area contributed by atoms with E-state index in [4.69, 9.17) is 15.2 Å².